The third kappa shape index (κ3) is 2.35. The summed E-state index contributed by atoms with van der Waals surface area (Å²) in [6.07, 6.45) is 5.92. The summed E-state index contributed by atoms with van der Waals surface area (Å²) in [4.78, 5) is 0. The zero-order chi connectivity index (χ0) is 11.4. The predicted octanol–water partition coefficient (Wildman–Crippen LogP) is 3.32. The maximum atomic E-state index is 3.37. The van der Waals surface area contributed by atoms with Crippen molar-refractivity contribution in [2.75, 3.05) is 13.1 Å². The average Bonchev–Trinajstić information content (AvgIpc) is 2.33. The molecule has 2 rings (SSSR count). The molecule has 1 heteroatoms. The van der Waals surface area contributed by atoms with Gasteiger partial charge in [-0.15, -0.1) is 0 Å². The lowest BCUT2D eigenvalue weighted by atomic mass is 9.92. The van der Waals surface area contributed by atoms with E-state index in [0.29, 0.717) is 0 Å². The van der Waals surface area contributed by atoms with Crippen molar-refractivity contribution >= 4 is 5.57 Å². The van der Waals surface area contributed by atoms with Gasteiger partial charge in [0.05, 0.1) is 0 Å². The molecule has 0 saturated heterocycles. The van der Waals surface area contributed by atoms with Crippen LogP contribution in [0, 0.1) is 6.92 Å². The second-order valence-electron chi connectivity index (χ2n) is 4.52. The lowest BCUT2D eigenvalue weighted by Gasteiger charge is -2.18. The van der Waals surface area contributed by atoms with Crippen molar-refractivity contribution in [1.82, 2.24) is 5.32 Å². The number of benzene rings is 1. The minimum atomic E-state index is 1.02. The zero-order valence-electron chi connectivity index (χ0n) is 10.3. The molecule has 0 unspecified atom stereocenters. The molecule has 0 saturated carbocycles. The molecule has 1 heterocycles. The Morgan fingerprint density at radius 2 is 2.19 bits per heavy atom. The molecule has 1 aromatic rings. The van der Waals surface area contributed by atoms with Gasteiger partial charge in [0.1, 0.15) is 0 Å². The molecule has 0 aliphatic carbocycles. The Labute approximate surface area is 98.6 Å². The molecule has 1 aliphatic rings. The molecule has 1 nitrogen and oxygen atoms in total. The first-order valence-corrected chi connectivity index (χ1v) is 6.31. The van der Waals surface area contributed by atoms with Gasteiger partial charge >= 0.3 is 0 Å². The minimum Gasteiger partial charge on any atom is -0.313 e. The van der Waals surface area contributed by atoms with Crippen molar-refractivity contribution in [3.05, 3.63) is 41.0 Å². The van der Waals surface area contributed by atoms with E-state index in [1.807, 2.05) is 0 Å². The number of aryl methyl sites for hydroxylation is 1. The van der Waals surface area contributed by atoms with Crippen molar-refractivity contribution in [2.45, 2.75) is 33.1 Å². The maximum absolute atomic E-state index is 3.37. The standard InChI is InChI=1S/C15H21N/c1-3-5-13-6-4-7-15(12(13)2)14-8-10-16-11-9-14/h4,6-8,16H,3,5,9-11H2,1-2H3. The topological polar surface area (TPSA) is 12.0 Å². The average molecular weight is 215 g/mol. The van der Waals surface area contributed by atoms with Crippen molar-refractivity contribution in [3.8, 4) is 0 Å². The van der Waals surface area contributed by atoms with E-state index in [9.17, 15) is 0 Å². The Kier molecular flexibility index (Phi) is 3.79. The fourth-order valence-electron chi connectivity index (χ4n) is 2.44. The molecule has 1 N–H and O–H groups in total. The van der Waals surface area contributed by atoms with Crippen LogP contribution in [0.2, 0.25) is 0 Å². The Bertz CT molecular complexity index is 390. The van der Waals surface area contributed by atoms with Crippen LogP contribution in [0.1, 0.15) is 36.5 Å². The van der Waals surface area contributed by atoms with Gasteiger partial charge in [0.2, 0.25) is 0 Å². The third-order valence-electron chi connectivity index (χ3n) is 3.38. The number of nitrogens with one attached hydrogen (secondary N) is 1. The lowest BCUT2D eigenvalue weighted by molar-refractivity contribution is 0.738. The summed E-state index contributed by atoms with van der Waals surface area (Å²) in [5.74, 6) is 0. The molecule has 0 spiro atoms. The van der Waals surface area contributed by atoms with Gasteiger partial charge in [-0.05, 0) is 48.6 Å². The van der Waals surface area contributed by atoms with Crippen LogP contribution in [0.5, 0.6) is 0 Å². The predicted molar refractivity (Wildman–Crippen MR) is 70.6 cm³/mol. The summed E-state index contributed by atoms with van der Waals surface area (Å²) in [5, 5.41) is 3.37. The van der Waals surface area contributed by atoms with Crippen LogP contribution in [0.25, 0.3) is 5.57 Å². The van der Waals surface area contributed by atoms with Gasteiger partial charge in [0.15, 0.2) is 0 Å². The largest absolute Gasteiger partial charge is 0.313 e. The highest BCUT2D eigenvalue weighted by Gasteiger charge is 2.09. The highest BCUT2D eigenvalue weighted by Crippen LogP contribution is 2.25. The van der Waals surface area contributed by atoms with Crippen LogP contribution >= 0.6 is 0 Å². The van der Waals surface area contributed by atoms with Gasteiger partial charge in [-0.25, -0.2) is 0 Å². The van der Waals surface area contributed by atoms with Crippen LogP contribution in [0.4, 0.5) is 0 Å². The van der Waals surface area contributed by atoms with E-state index in [2.05, 4.69) is 43.4 Å². The molecule has 0 fully saturated rings. The number of hydrogen-bond donors (Lipinski definition) is 1. The normalized spacial score (nSPS) is 16.0. The number of rotatable bonds is 3. The van der Waals surface area contributed by atoms with E-state index < -0.39 is 0 Å². The molecular weight excluding hydrogens is 194 g/mol. The van der Waals surface area contributed by atoms with Crippen LogP contribution in [0.15, 0.2) is 24.3 Å². The smallest absolute Gasteiger partial charge is 0.0140 e. The fourth-order valence-corrected chi connectivity index (χ4v) is 2.44. The van der Waals surface area contributed by atoms with Gasteiger partial charge in [-0.2, -0.15) is 0 Å². The molecule has 0 aromatic heterocycles. The minimum absolute atomic E-state index is 1.02. The molecule has 86 valence electrons. The summed E-state index contributed by atoms with van der Waals surface area (Å²) in [5.41, 5.74) is 5.98. The van der Waals surface area contributed by atoms with E-state index in [4.69, 9.17) is 0 Å². The highest BCUT2D eigenvalue weighted by atomic mass is 14.8. The van der Waals surface area contributed by atoms with Crippen molar-refractivity contribution in [3.63, 3.8) is 0 Å². The Morgan fingerprint density at radius 3 is 2.88 bits per heavy atom. The lowest BCUT2D eigenvalue weighted by Crippen LogP contribution is -2.20. The summed E-state index contributed by atoms with van der Waals surface area (Å²) < 4.78 is 0. The highest BCUT2D eigenvalue weighted by molar-refractivity contribution is 5.70. The van der Waals surface area contributed by atoms with Gasteiger partial charge in [0.25, 0.3) is 0 Å². The Balaban J connectivity index is 2.33. The molecular formula is C15H21N. The third-order valence-corrected chi connectivity index (χ3v) is 3.38. The van der Waals surface area contributed by atoms with Crippen molar-refractivity contribution in [1.29, 1.82) is 0 Å². The first-order chi connectivity index (χ1) is 7.83. The molecule has 0 bridgehead atoms. The van der Waals surface area contributed by atoms with E-state index in [0.717, 1.165) is 19.5 Å². The van der Waals surface area contributed by atoms with E-state index in [1.165, 1.54) is 35.1 Å². The molecule has 1 aliphatic heterocycles. The second kappa shape index (κ2) is 5.31. The maximum Gasteiger partial charge on any atom is 0.0140 e. The van der Waals surface area contributed by atoms with Gasteiger partial charge in [-0.1, -0.05) is 37.6 Å². The van der Waals surface area contributed by atoms with Gasteiger partial charge < -0.3 is 5.32 Å². The zero-order valence-corrected chi connectivity index (χ0v) is 10.3. The van der Waals surface area contributed by atoms with E-state index in [1.54, 1.807) is 0 Å². The molecule has 16 heavy (non-hydrogen) atoms. The number of hydrogen-bond acceptors (Lipinski definition) is 1. The summed E-state index contributed by atoms with van der Waals surface area (Å²) in [7, 11) is 0. The van der Waals surface area contributed by atoms with Crippen molar-refractivity contribution < 1.29 is 0 Å². The fraction of sp³-hybridized carbons (Fsp3) is 0.467. The van der Waals surface area contributed by atoms with E-state index in [-0.39, 0.29) is 0 Å². The first-order valence-electron chi connectivity index (χ1n) is 6.31. The van der Waals surface area contributed by atoms with Crippen LogP contribution in [0.3, 0.4) is 0 Å². The SMILES string of the molecule is CCCc1cccc(C2=CCNCC2)c1C. The Morgan fingerprint density at radius 1 is 1.31 bits per heavy atom. The first kappa shape index (κ1) is 11.4. The Hall–Kier alpha value is -1.08. The summed E-state index contributed by atoms with van der Waals surface area (Å²) in [6.45, 7) is 6.65. The van der Waals surface area contributed by atoms with Crippen LogP contribution in [-0.2, 0) is 6.42 Å². The van der Waals surface area contributed by atoms with Gasteiger partial charge in [-0.3, -0.25) is 0 Å². The second-order valence-corrected chi connectivity index (χ2v) is 4.52. The molecule has 0 radical (unpaired) electrons. The summed E-state index contributed by atoms with van der Waals surface area (Å²) in [6, 6.07) is 6.74. The molecule has 0 atom stereocenters. The van der Waals surface area contributed by atoms with E-state index >= 15 is 0 Å². The van der Waals surface area contributed by atoms with Crippen LogP contribution in [-0.4, -0.2) is 13.1 Å². The van der Waals surface area contributed by atoms with Crippen LogP contribution < -0.4 is 5.32 Å². The molecule has 1 aromatic carbocycles. The quantitative estimate of drug-likeness (QED) is 0.815. The summed E-state index contributed by atoms with van der Waals surface area (Å²) >= 11 is 0. The monoisotopic (exact) mass is 215 g/mol. The molecule has 0 amide bonds. The van der Waals surface area contributed by atoms with Gasteiger partial charge in [0, 0.05) is 6.54 Å². The van der Waals surface area contributed by atoms with Crippen molar-refractivity contribution in [2.24, 2.45) is 0 Å².